The summed E-state index contributed by atoms with van der Waals surface area (Å²) in [6.07, 6.45) is 4.92. The average molecular weight is 409 g/mol. The Bertz CT molecular complexity index is 1140. The molecule has 0 spiro atoms. The Morgan fingerprint density at radius 1 is 0.710 bits per heavy atom. The fourth-order valence-electron chi connectivity index (χ4n) is 5.27. The molecule has 1 aliphatic carbocycles. The summed E-state index contributed by atoms with van der Waals surface area (Å²) >= 11 is 0. The molecule has 0 heterocycles. The van der Waals surface area contributed by atoms with Gasteiger partial charge in [-0.1, -0.05) is 133 Å². The van der Waals surface area contributed by atoms with Crippen LogP contribution in [0.2, 0.25) is 0 Å². The van der Waals surface area contributed by atoms with Gasteiger partial charge in [0, 0.05) is 11.3 Å². The standard InChI is InChI=1S/C31H36/c1-29(2,3)28-26(25-19-13-17-22-14-11-12-18-24(22)25)20-21-31(7,30(4,5)6)27(28)23-15-9-8-10-16-23/h8-21,27H,1-7H3. The molecule has 0 amide bonds. The first-order valence-corrected chi connectivity index (χ1v) is 11.5. The summed E-state index contributed by atoms with van der Waals surface area (Å²) in [6.45, 7) is 16.7. The van der Waals surface area contributed by atoms with E-state index in [9.17, 15) is 0 Å². The number of benzene rings is 3. The summed E-state index contributed by atoms with van der Waals surface area (Å²) in [5.74, 6) is 0.313. The highest BCUT2D eigenvalue weighted by Crippen LogP contribution is 2.60. The maximum Gasteiger partial charge on any atom is 0.0156 e. The molecular formula is C31H36. The van der Waals surface area contributed by atoms with Crippen molar-refractivity contribution in [3.8, 4) is 0 Å². The van der Waals surface area contributed by atoms with Crippen LogP contribution in [0.15, 0.2) is 90.5 Å². The van der Waals surface area contributed by atoms with Crippen LogP contribution in [0.3, 0.4) is 0 Å². The highest BCUT2D eigenvalue weighted by molar-refractivity contribution is 5.97. The average Bonchev–Trinajstić information content (AvgIpc) is 2.72. The molecule has 0 saturated heterocycles. The van der Waals surface area contributed by atoms with Gasteiger partial charge in [0.25, 0.3) is 0 Å². The molecule has 1 aliphatic rings. The van der Waals surface area contributed by atoms with Crippen molar-refractivity contribution in [2.24, 2.45) is 16.2 Å². The van der Waals surface area contributed by atoms with Gasteiger partial charge in [0.15, 0.2) is 0 Å². The van der Waals surface area contributed by atoms with Crippen LogP contribution in [0.4, 0.5) is 0 Å². The third-order valence-corrected chi connectivity index (χ3v) is 7.41. The van der Waals surface area contributed by atoms with E-state index in [1.54, 1.807) is 0 Å². The van der Waals surface area contributed by atoms with E-state index in [2.05, 4.69) is 133 Å². The van der Waals surface area contributed by atoms with Gasteiger partial charge in [0.2, 0.25) is 0 Å². The van der Waals surface area contributed by atoms with E-state index in [-0.39, 0.29) is 16.2 Å². The van der Waals surface area contributed by atoms with Gasteiger partial charge >= 0.3 is 0 Å². The molecule has 0 aliphatic heterocycles. The summed E-state index contributed by atoms with van der Waals surface area (Å²) in [4.78, 5) is 0. The Morgan fingerprint density at radius 2 is 1.32 bits per heavy atom. The van der Waals surface area contributed by atoms with Crippen molar-refractivity contribution in [1.82, 2.24) is 0 Å². The first-order valence-electron chi connectivity index (χ1n) is 11.5. The largest absolute Gasteiger partial charge is 0.0765 e. The molecule has 3 aromatic carbocycles. The summed E-state index contributed by atoms with van der Waals surface area (Å²) in [5, 5.41) is 2.63. The quantitative estimate of drug-likeness (QED) is 0.397. The molecule has 0 N–H and O–H groups in total. The molecule has 3 aromatic rings. The minimum atomic E-state index is 0.00501. The van der Waals surface area contributed by atoms with Crippen LogP contribution in [-0.2, 0) is 0 Å². The van der Waals surface area contributed by atoms with Gasteiger partial charge in [-0.15, -0.1) is 0 Å². The van der Waals surface area contributed by atoms with E-state index in [0.717, 1.165) is 0 Å². The predicted molar refractivity (Wildman–Crippen MR) is 136 cm³/mol. The van der Waals surface area contributed by atoms with E-state index in [0.29, 0.717) is 5.92 Å². The van der Waals surface area contributed by atoms with Crippen molar-refractivity contribution < 1.29 is 0 Å². The zero-order valence-corrected chi connectivity index (χ0v) is 20.2. The highest BCUT2D eigenvalue weighted by atomic mass is 14.5. The fourth-order valence-corrected chi connectivity index (χ4v) is 5.27. The molecule has 2 atom stereocenters. The maximum absolute atomic E-state index is 2.50. The molecule has 2 unspecified atom stereocenters. The van der Waals surface area contributed by atoms with Gasteiger partial charge in [-0.3, -0.25) is 0 Å². The van der Waals surface area contributed by atoms with E-state index >= 15 is 0 Å². The summed E-state index contributed by atoms with van der Waals surface area (Å²) < 4.78 is 0. The minimum absolute atomic E-state index is 0.00501. The number of rotatable bonds is 2. The van der Waals surface area contributed by atoms with Crippen molar-refractivity contribution in [2.45, 2.75) is 54.4 Å². The van der Waals surface area contributed by atoms with Gasteiger partial charge in [-0.05, 0) is 43.9 Å². The topological polar surface area (TPSA) is 0 Å². The normalized spacial score (nSPS) is 22.2. The van der Waals surface area contributed by atoms with Crippen molar-refractivity contribution in [2.75, 3.05) is 0 Å². The Balaban J connectivity index is 2.09. The summed E-state index contributed by atoms with van der Waals surface area (Å²) in [7, 11) is 0. The number of fused-ring (bicyclic) bond motifs is 1. The third-order valence-electron chi connectivity index (χ3n) is 7.41. The van der Waals surface area contributed by atoms with Crippen molar-refractivity contribution in [3.63, 3.8) is 0 Å². The summed E-state index contributed by atoms with van der Waals surface area (Å²) in [6, 6.07) is 26.6. The molecular weight excluding hydrogens is 372 g/mol. The van der Waals surface area contributed by atoms with Crippen LogP contribution in [0.25, 0.3) is 16.3 Å². The van der Waals surface area contributed by atoms with Gasteiger partial charge < -0.3 is 0 Å². The Morgan fingerprint density at radius 3 is 1.97 bits per heavy atom. The molecule has 0 heteroatoms. The molecule has 160 valence electrons. The van der Waals surface area contributed by atoms with Crippen molar-refractivity contribution in [1.29, 1.82) is 0 Å². The molecule has 0 saturated carbocycles. The second-order valence-electron chi connectivity index (χ2n) is 11.3. The smallest absolute Gasteiger partial charge is 0.0156 e. The van der Waals surface area contributed by atoms with Crippen LogP contribution in [0, 0.1) is 16.2 Å². The van der Waals surface area contributed by atoms with E-state index in [1.807, 2.05) is 0 Å². The number of allylic oxidation sites excluding steroid dienone is 4. The molecule has 0 aromatic heterocycles. The third kappa shape index (κ3) is 3.67. The summed E-state index contributed by atoms with van der Waals surface area (Å²) in [5.41, 5.74) is 5.83. The van der Waals surface area contributed by atoms with Crippen LogP contribution in [0.5, 0.6) is 0 Å². The number of hydrogen-bond donors (Lipinski definition) is 0. The molecule has 0 radical (unpaired) electrons. The lowest BCUT2D eigenvalue weighted by Crippen LogP contribution is -2.41. The zero-order valence-electron chi connectivity index (χ0n) is 20.2. The Hall–Kier alpha value is -2.60. The van der Waals surface area contributed by atoms with Gasteiger partial charge in [-0.25, -0.2) is 0 Å². The molecule has 0 bridgehead atoms. The Kier molecular flexibility index (Phi) is 5.24. The monoisotopic (exact) mass is 408 g/mol. The minimum Gasteiger partial charge on any atom is -0.0765 e. The van der Waals surface area contributed by atoms with E-state index in [1.165, 1.54) is 33.0 Å². The first kappa shape index (κ1) is 21.6. The van der Waals surface area contributed by atoms with Crippen LogP contribution in [-0.4, -0.2) is 0 Å². The lowest BCUT2D eigenvalue weighted by Gasteiger charge is -2.52. The van der Waals surface area contributed by atoms with Crippen LogP contribution in [0.1, 0.15) is 65.5 Å². The molecule has 0 fully saturated rings. The van der Waals surface area contributed by atoms with Crippen molar-refractivity contribution >= 4 is 16.3 Å². The first-order chi connectivity index (χ1) is 14.5. The van der Waals surface area contributed by atoms with Crippen LogP contribution >= 0.6 is 0 Å². The molecule has 4 rings (SSSR count). The van der Waals surface area contributed by atoms with E-state index < -0.39 is 0 Å². The second kappa shape index (κ2) is 7.52. The fraction of sp³-hybridized carbons (Fsp3) is 0.355. The SMILES string of the molecule is CC(C)(C)C1=C(c2cccc3ccccc23)C=CC(C)(C(C)(C)C)C1c1ccccc1. The maximum atomic E-state index is 2.50. The Labute approximate surface area is 188 Å². The predicted octanol–water partition coefficient (Wildman–Crippen LogP) is 9.05. The van der Waals surface area contributed by atoms with Crippen molar-refractivity contribution in [3.05, 3.63) is 102 Å². The number of hydrogen-bond acceptors (Lipinski definition) is 0. The van der Waals surface area contributed by atoms with E-state index in [4.69, 9.17) is 0 Å². The van der Waals surface area contributed by atoms with Gasteiger partial charge in [0.1, 0.15) is 0 Å². The zero-order chi connectivity index (χ0) is 22.4. The lowest BCUT2D eigenvalue weighted by atomic mass is 9.52. The van der Waals surface area contributed by atoms with Gasteiger partial charge in [-0.2, -0.15) is 0 Å². The molecule has 31 heavy (non-hydrogen) atoms. The highest BCUT2D eigenvalue weighted by Gasteiger charge is 2.49. The van der Waals surface area contributed by atoms with Gasteiger partial charge in [0.05, 0.1) is 0 Å². The second-order valence-corrected chi connectivity index (χ2v) is 11.3. The molecule has 0 nitrogen and oxygen atoms in total. The lowest BCUT2D eigenvalue weighted by molar-refractivity contribution is 0.133. The van der Waals surface area contributed by atoms with Crippen LogP contribution < -0.4 is 0 Å².